The van der Waals surface area contributed by atoms with Gasteiger partial charge in [0.1, 0.15) is 18.0 Å². The highest BCUT2D eigenvalue weighted by Crippen LogP contribution is 2.28. The number of aliphatic hydroxyl groups is 2. The maximum Gasteiger partial charge on any atom is 0.330 e. The zero-order valence-corrected chi connectivity index (χ0v) is 12.7. The van der Waals surface area contributed by atoms with Crippen LogP contribution in [0.15, 0.2) is 15.8 Å². The van der Waals surface area contributed by atoms with Crippen molar-refractivity contribution in [2.45, 2.75) is 51.2 Å². The number of aromatic amines is 1. The van der Waals surface area contributed by atoms with E-state index in [-0.39, 0.29) is 18.7 Å². The third kappa shape index (κ3) is 3.07. The number of H-pyrrole nitrogens is 1. The number of ether oxygens (including phenoxy) is 1. The number of aliphatic hydroxyl groups excluding tert-OH is 2. The third-order valence-electron chi connectivity index (χ3n) is 3.51. The zero-order chi connectivity index (χ0) is 16.7. The first kappa shape index (κ1) is 16.7. The van der Waals surface area contributed by atoms with Gasteiger partial charge in [-0.05, 0) is 20.8 Å². The van der Waals surface area contributed by atoms with Crippen LogP contribution in [0.3, 0.4) is 0 Å². The van der Waals surface area contributed by atoms with Gasteiger partial charge in [-0.2, -0.15) is 0 Å². The number of nitrogens with zero attached hydrogens (tertiary/aromatic N) is 2. The second-order valence-corrected chi connectivity index (χ2v) is 6.28. The molecule has 124 valence electrons. The Labute approximate surface area is 126 Å². The molecule has 1 aromatic heterocycles. The van der Waals surface area contributed by atoms with Crippen LogP contribution in [-0.4, -0.2) is 49.3 Å². The fraction of sp³-hybridized carbons (Fsp3) is 0.692. The summed E-state index contributed by atoms with van der Waals surface area (Å²) < 4.78 is 6.48. The van der Waals surface area contributed by atoms with E-state index in [0.717, 1.165) is 9.63 Å². The van der Waals surface area contributed by atoms with Crippen molar-refractivity contribution in [1.82, 2.24) is 9.55 Å². The lowest BCUT2D eigenvalue weighted by Crippen LogP contribution is -2.44. The minimum Gasteiger partial charge on any atom is -0.394 e. The van der Waals surface area contributed by atoms with Crippen molar-refractivity contribution >= 4 is 5.69 Å². The molecule has 0 aromatic carbocycles. The van der Waals surface area contributed by atoms with E-state index >= 15 is 0 Å². The van der Waals surface area contributed by atoms with Gasteiger partial charge in [0.15, 0.2) is 0 Å². The lowest BCUT2D eigenvalue weighted by atomic mass is 10.1. The van der Waals surface area contributed by atoms with Crippen LogP contribution >= 0.6 is 0 Å². The summed E-state index contributed by atoms with van der Waals surface area (Å²) in [5, 5.41) is 29.7. The molecule has 9 heteroatoms. The molecule has 0 aliphatic carbocycles. The predicted octanol–water partition coefficient (Wildman–Crippen LogP) is -0.829. The van der Waals surface area contributed by atoms with Crippen LogP contribution in [0.4, 0.5) is 5.69 Å². The van der Waals surface area contributed by atoms with Crippen molar-refractivity contribution in [1.29, 1.82) is 0 Å². The summed E-state index contributed by atoms with van der Waals surface area (Å²) in [4.78, 5) is 25.9. The van der Waals surface area contributed by atoms with Crippen LogP contribution in [0.2, 0.25) is 0 Å². The topological polar surface area (TPSA) is 128 Å². The number of hydrogen-bond acceptors (Lipinski definition) is 7. The van der Waals surface area contributed by atoms with Gasteiger partial charge < -0.3 is 14.9 Å². The van der Waals surface area contributed by atoms with E-state index in [1.165, 1.54) is 6.20 Å². The van der Waals surface area contributed by atoms with Crippen molar-refractivity contribution in [3.63, 3.8) is 0 Å². The molecule has 22 heavy (non-hydrogen) atoms. The average molecular weight is 315 g/mol. The quantitative estimate of drug-likeness (QED) is 0.536. The lowest BCUT2D eigenvalue weighted by Gasteiger charge is -2.30. The summed E-state index contributed by atoms with van der Waals surface area (Å²) in [6.07, 6.45) is -1.25. The van der Waals surface area contributed by atoms with Gasteiger partial charge in [-0.1, -0.05) is 0 Å². The van der Waals surface area contributed by atoms with Crippen molar-refractivity contribution in [3.8, 4) is 0 Å². The van der Waals surface area contributed by atoms with Crippen LogP contribution < -0.4 is 16.3 Å². The summed E-state index contributed by atoms with van der Waals surface area (Å²) in [7, 11) is 0. The molecule has 2 rings (SSSR count). The van der Waals surface area contributed by atoms with E-state index < -0.39 is 35.2 Å². The molecule has 2 heterocycles. The molecule has 0 amide bonds. The fourth-order valence-electron chi connectivity index (χ4n) is 2.25. The van der Waals surface area contributed by atoms with Gasteiger partial charge in [-0.3, -0.25) is 19.6 Å². The SMILES string of the molecule is CC(C)(C)N(O)c1cn([C@@H]2CC(O)[C@H](CO)O2)c(=O)[nH]c1=O. The molecule has 0 radical (unpaired) electrons. The number of aromatic nitrogens is 2. The number of hydrogen-bond donors (Lipinski definition) is 4. The van der Waals surface area contributed by atoms with Gasteiger partial charge >= 0.3 is 5.69 Å². The molecule has 9 nitrogen and oxygen atoms in total. The molecule has 1 fully saturated rings. The molecule has 0 bridgehead atoms. The molecule has 1 unspecified atom stereocenters. The molecule has 1 aliphatic rings. The van der Waals surface area contributed by atoms with Crippen LogP contribution in [0.1, 0.15) is 33.4 Å². The molecule has 0 saturated carbocycles. The van der Waals surface area contributed by atoms with Gasteiger partial charge in [-0.25, -0.2) is 9.86 Å². The molecular weight excluding hydrogens is 294 g/mol. The van der Waals surface area contributed by atoms with E-state index in [2.05, 4.69) is 4.98 Å². The number of hydroxylamine groups is 1. The first-order valence-corrected chi connectivity index (χ1v) is 6.94. The van der Waals surface area contributed by atoms with E-state index in [1.807, 2.05) is 0 Å². The Bertz CT molecular complexity index is 646. The smallest absolute Gasteiger partial charge is 0.330 e. The second kappa shape index (κ2) is 5.84. The Hall–Kier alpha value is -1.68. The van der Waals surface area contributed by atoms with Gasteiger partial charge in [0, 0.05) is 12.6 Å². The van der Waals surface area contributed by atoms with Crippen LogP contribution in [0.25, 0.3) is 0 Å². The summed E-state index contributed by atoms with van der Waals surface area (Å²) in [5.41, 5.74) is -2.31. The van der Waals surface area contributed by atoms with Gasteiger partial charge in [0.05, 0.1) is 18.2 Å². The van der Waals surface area contributed by atoms with E-state index in [9.17, 15) is 19.9 Å². The largest absolute Gasteiger partial charge is 0.394 e. The van der Waals surface area contributed by atoms with Crippen LogP contribution in [-0.2, 0) is 4.74 Å². The Morgan fingerprint density at radius 2 is 2.09 bits per heavy atom. The molecule has 3 atom stereocenters. The average Bonchev–Trinajstić information content (AvgIpc) is 2.78. The van der Waals surface area contributed by atoms with Gasteiger partial charge in [0.25, 0.3) is 5.56 Å². The Balaban J connectivity index is 2.42. The maximum absolute atomic E-state index is 11.9. The van der Waals surface area contributed by atoms with Crippen molar-refractivity contribution < 1.29 is 20.2 Å². The number of rotatable bonds is 3. The lowest BCUT2D eigenvalue weighted by molar-refractivity contribution is -0.0459. The first-order chi connectivity index (χ1) is 10.1. The van der Waals surface area contributed by atoms with E-state index in [1.54, 1.807) is 20.8 Å². The normalized spacial score (nSPS) is 25.5. The predicted molar refractivity (Wildman–Crippen MR) is 77.0 cm³/mol. The summed E-state index contributed by atoms with van der Waals surface area (Å²) in [6, 6.07) is 0. The van der Waals surface area contributed by atoms with Crippen molar-refractivity contribution in [2.75, 3.05) is 11.7 Å². The summed E-state index contributed by atoms with van der Waals surface area (Å²) >= 11 is 0. The van der Waals surface area contributed by atoms with Gasteiger partial charge in [0.2, 0.25) is 0 Å². The summed E-state index contributed by atoms with van der Waals surface area (Å²) in [5.74, 6) is 0. The Morgan fingerprint density at radius 3 is 2.59 bits per heavy atom. The third-order valence-corrected chi connectivity index (χ3v) is 3.51. The molecule has 1 aliphatic heterocycles. The molecular formula is C13H21N3O6. The van der Waals surface area contributed by atoms with Crippen molar-refractivity contribution in [3.05, 3.63) is 27.0 Å². The zero-order valence-electron chi connectivity index (χ0n) is 12.7. The molecule has 4 N–H and O–H groups in total. The minimum atomic E-state index is -0.912. The minimum absolute atomic E-state index is 0.0948. The molecule has 0 spiro atoms. The molecule has 1 aromatic rings. The first-order valence-electron chi connectivity index (χ1n) is 6.94. The second-order valence-electron chi connectivity index (χ2n) is 6.28. The van der Waals surface area contributed by atoms with E-state index in [4.69, 9.17) is 9.84 Å². The van der Waals surface area contributed by atoms with E-state index in [0.29, 0.717) is 0 Å². The highest BCUT2D eigenvalue weighted by molar-refractivity contribution is 5.40. The van der Waals surface area contributed by atoms with Gasteiger partial charge in [-0.15, -0.1) is 0 Å². The highest BCUT2D eigenvalue weighted by Gasteiger charge is 2.35. The summed E-state index contributed by atoms with van der Waals surface area (Å²) in [6.45, 7) is 4.70. The monoisotopic (exact) mass is 315 g/mol. The fourth-order valence-corrected chi connectivity index (χ4v) is 2.25. The van der Waals surface area contributed by atoms with Crippen LogP contribution in [0, 0.1) is 0 Å². The standard InChI is InChI=1S/C13H21N3O6/c1-13(2,3)16(21)7-5-15(12(20)14-11(7)19)10-4-8(18)9(6-17)22-10/h5,8-10,17-18,21H,4,6H2,1-3H3,(H,14,19,20)/t8?,9-,10-/m0/s1. The number of anilines is 1. The Kier molecular flexibility index (Phi) is 4.43. The Morgan fingerprint density at radius 1 is 1.45 bits per heavy atom. The number of nitrogens with one attached hydrogen (secondary N) is 1. The maximum atomic E-state index is 11.9. The molecule has 1 saturated heterocycles. The van der Waals surface area contributed by atoms with Crippen molar-refractivity contribution in [2.24, 2.45) is 0 Å². The van der Waals surface area contributed by atoms with Crippen LogP contribution in [0.5, 0.6) is 0 Å². The highest BCUT2D eigenvalue weighted by atomic mass is 16.5.